The van der Waals surface area contributed by atoms with Gasteiger partial charge in [-0.2, -0.15) is 0 Å². The molecule has 0 amide bonds. The standard InChI is InChI=1S/C25H24N4O/c1-29-16-22(19-12-14-26-15-13-19)25(28-29)30-17-18-6-8-21(9-7-18)24-11-10-20-4-2-3-5-23(20)27-24/h6-16H,2-5,17H2,1H3. The van der Waals surface area contributed by atoms with Gasteiger partial charge in [-0.15, -0.1) is 5.10 Å². The van der Waals surface area contributed by atoms with Crippen LogP contribution in [0.25, 0.3) is 22.4 Å². The molecule has 4 aromatic rings. The SMILES string of the molecule is Cn1cc(-c2ccncc2)c(OCc2ccc(-c3ccc4c(n3)CCCC4)cc2)n1. The van der Waals surface area contributed by atoms with E-state index in [2.05, 4.69) is 46.5 Å². The first-order valence-electron chi connectivity index (χ1n) is 10.4. The van der Waals surface area contributed by atoms with Crippen LogP contribution in [0, 0.1) is 0 Å². The summed E-state index contributed by atoms with van der Waals surface area (Å²) in [7, 11) is 1.90. The van der Waals surface area contributed by atoms with Gasteiger partial charge in [0.15, 0.2) is 0 Å². The summed E-state index contributed by atoms with van der Waals surface area (Å²) < 4.78 is 7.82. The Bertz CT molecular complexity index is 1150. The van der Waals surface area contributed by atoms with Crippen LogP contribution in [-0.4, -0.2) is 19.7 Å². The van der Waals surface area contributed by atoms with Crippen molar-refractivity contribution in [2.24, 2.45) is 7.05 Å². The second kappa shape index (κ2) is 8.11. The molecule has 5 heteroatoms. The quantitative estimate of drug-likeness (QED) is 0.476. The highest BCUT2D eigenvalue weighted by molar-refractivity contribution is 5.67. The molecule has 3 heterocycles. The molecule has 0 radical (unpaired) electrons. The van der Waals surface area contributed by atoms with Gasteiger partial charge in [0.1, 0.15) is 6.61 Å². The van der Waals surface area contributed by atoms with Crippen molar-refractivity contribution in [3.8, 4) is 28.3 Å². The molecule has 1 aromatic carbocycles. The number of aromatic nitrogens is 4. The van der Waals surface area contributed by atoms with E-state index < -0.39 is 0 Å². The molecular weight excluding hydrogens is 372 g/mol. The summed E-state index contributed by atoms with van der Waals surface area (Å²) in [6, 6.07) is 16.8. The van der Waals surface area contributed by atoms with E-state index in [1.807, 2.05) is 25.4 Å². The molecule has 1 aliphatic carbocycles. The van der Waals surface area contributed by atoms with Gasteiger partial charge in [-0.1, -0.05) is 30.3 Å². The van der Waals surface area contributed by atoms with Crippen molar-refractivity contribution in [2.75, 3.05) is 0 Å². The molecule has 0 aliphatic heterocycles. The van der Waals surface area contributed by atoms with Crippen LogP contribution in [0.5, 0.6) is 5.88 Å². The molecule has 0 atom stereocenters. The van der Waals surface area contributed by atoms with E-state index in [1.54, 1.807) is 17.1 Å². The van der Waals surface area contributed by atoms with E-state index in [0.29, 0.717) is 12.5 Å². The summed E-state index contributed by atoms with van der Waals surface area (Å²) >= 11 is 0. The molecular formula is C25H24N4O. The number of hydrogen-bond acceptors (Lipinski definition) is 4. The summed E-state index contributed by atoms with van der Waals surface area (Å²) in [6.45, 7) is 0.465. The fraction of sp³-hybridized carbons (Fsp3) is 0.240. The molecule has 30 heavy (non-hydrogen) atoms. The minimum atomic E-state index is 0.465. The summed E-state index contributed by atoms with van der Waals surface area (Å²) in [6.07, 6.45) is 10.3. The minimum Gasteiger partial charge on any atom is -0.471 e. The number of pyridine rings is 2. The zero-order valence-electron chi connectivity index (χ0n) is 17.1. The number of rotatable bonds is 5. The molecule has 0 saturated carbocycles. The number of fused-ring (bicyclic) bond motifs is 1. The third-order valence-electron chi connectivity index (χ3n) is 5.59. The molecule has 1 aliphatic rings. The fourth-order valence-corrected chi connectivity index (χ4v) is 3.97. The average molecular weight is 396 g/mol. The Hall–Kier alpha value is -3.47. The van der Waals surface area contributed by atoms with E-state index in [9.17, 15) is 0 Å². The Morgan fingerprint density at radius 1 is 0.900 bits per heavy atom. The molecule has 5 nitrogen and oxygen atoms in total. The van der Waals surface area contributed by atoms with Crippen molar-refractivity contribution in [3.63, 3.8) is 0 Å². The van der Waals surface area contributed by atoms with Gasteiger partial charge < -0.3 is 4.74 Å². The largest absolute Gasteiger partial charge is 0.471 e. The summed E-state index contributed by atoms with van der Waals surface area (Å²) in [5.41, 5.74) is 7.98. The van der Waals surface area contributed by atoms with Crippen LogP contribution in [0.15, 0.2) is 67.1 Å². The first-order valence-corrected chi connectivity index (χ1v) is 10.4. The Kier molecular flexibility index (Phi) is 5.01. The van der Waals surface area contributed by atoms with Crippen LogP contribution < -0.4 is 4.74 Å². The van der Waals surface area contributed by atoms with Gasteiger partial charge in [0.2, 0.25) is 5.88 Å². The predicted octanol–water partition coefficient (Wildman–Crippen LogP) is 5.00. The third kappa shape index (κ3) is 3.83. The van der Waals surface area contributed by atoms with Gasteiger partial charge in [-0.25, -0.2) is 0 Å². The van der Waals surface area contributed by atoms with Gasteiger partial charge >= 0.3 is 0 Å². The van der Waals surface area contributed by atoms with Gasteiger partial charge in [0.05, 0.1) is 11.3 Å². The second-order valence-electron chi connectivity index (χ2n) is 7.75. The van der Waals surface area contributed by atoms with Crippen molar-refractivity contribution in [3.05, 3.63) is 83.9 Å². The monoisotopic (exact) mass is 396 g/mol. The highest BCUT2D eigenvalue weighted by Gasteiger charge is 2.13. The van der Waals surface area contributed by atoms with Gasteiger partial charge in [0, 0.05) is 36.9 Å². The molecule has 0 spiro atoms. The minimum absolute atomic E-state index is 0.465. The number of aryl methyl sites for hydroxylation is 3. The predicted molar refractivity (Wildman–Crippen MR) is 117 cm³/mol. The molecule has 5 rings (SSSR count). The molecule has 0 N–H and O–H groups in total. The maximum absolute atomic E-state index is 6.05. The Morgan fingerprint density at radius 3 is 2.53 bits per heavy atom. The molecule has 0 bridgehead atoms. The number of nitrogens with zero attached hydrogens (tertiary/aromatic N) is 4. The lowest BCUT2D eigenvalue weighted by atomic mass is 9.95. The summed E-state index contributed by atoms with van der Waals surface area (Å²) in [5.74, 6) is 0.629. The first kappa shape index (κ1) is 18.6. The van der Waals surface area contributed by atoms with E-state index >= 15 is 0 Å². The maximum atomic E-state index is 6.05. The van der Waals surface area contributed by atoms with Crippen LogP contribution in [-0.2, 0) is 26.5 Å². The highest BCUT2D eigenvalue weighted by atomic mass is 16.5. The molecule has 0 saturated heterocycles. The van der Waals surface area contributed by atoms with Crippen molar-refractivity contribution in [1.29, 1.82) is 0 Å². The zero-order valence-corrected chi connectivity index (χ0v) is 17.1. The Labute approximate surface area is 176 Å². The average Bonchev–Trinajstić information content (AvgIpc) is 3.19. The van der Waals surface area contributed by atoms with E-state index in [1.165, 1.54) is 24.1 Å². The van der Waals surface area contributed by atoms with E-state index in [0.717, 1.165) is 40.8 Å². The lowest BCUT2D eigenvalue weighted by Crippen LogP contribution is -2.05. The van der Waals surface area contributed by atoms with Crippen molar-refractivity contribution in [1.82, 2.24) is 19.7 Å². The van der Waals surface area contributed by atoms with Crippen LogP contribution in [0.2, 0.25) is 0 Å². The lowest BCUT2D eigenvalue weighted by Gasteiger charge is -2.15. The number of ether oxygens (including phenoxy) is 1. The van der Waals surface area contributed by atoms with Crippen molar-refractivity contribution < 1.29 is 4.74 Å². The smallest absolute Gasteiger partial charge is 0.241 e. The molecule has 150 valence electrons. The van der Waals surface area contributed by atoms with E-state index in [4.69, 9.17) is 9.72 Å². The van der Waals surface area contributed by atoms with E-state index in [-0.39, 0.29) is 0 Å². The van der Waals surface area contributed by atoms with Crippen molar-refractivity contribution in [2.45, 2.75) is 32.3 Å². The molecule has 0 unspecified atom stereocenters. The second-order valence-corrected chi connectivity index (χ2v) is 7.75. The van der Waals surface area contributed by atoms with Crippen LogP contribution in [0.4, 0.5) is 0 Å². The summed E-state index contributed by atoms with van der Waals surface area (Å²) in [5, 5.41) is 4.47. The fourth-order valence-electron chi connectivity index (χ4n) is 3.97. The Morgan fingerprint density at radius 2 is 1.70 bits per heavy atom. The Balaban J connectivity index is 1.31. The highest BCUT2D eigenvalue weighted by Crippen LogP contribution is 2.29. The molecule has 3 aromatic heterocycles. The number of hydrogen-bond donors (Lipinski definition) is 0. The van der Waals surface area contributed by atoms with Crippen molar-refractivity contribution >= 4 is 0 Å². The van der Waals surface area contributed by atoms with Gasteiger partial charge in [0.25, 0.3) is 0 Å². The third-order valence-corrected chi connectivity index (χ3v) is 5.59. The van der Waals surface area contributed by atoms with Crippen LogP contribution >= 0.6 is 0 Å². The van der Waals surface area contributed by atoms with Crippen LogP contribution in [0.1, 0.15) is 29.7 Å². The topological polar surface area (TPSA) is 52.8 Å². The molecule has 0 fully saturated rings. The van der Waals surface area contributed by atoms with Gasteiger partial charge in [-0.3, -0.25) is 14.6 Å². The first-order chi connectivity index (χ1) is 14.8. The normalized spacial score (nSPS) is 13.1. The van der Waals surface area contributed by atoms with Gasteiger partial charge in [-0.05, 0) is 60.6 Å². The maximum Gasteiger partial charge on any atom is 0.241 e. The zero-order chi connectivity index (χ0) is 20.3. The summed E-state index contributed by atoms with van der Waals surface area (Å²) in [4.78, 5) is 8.99. The van der Waals surface area contributed by atoms with Crippen LogP contribution in [0.3, 0.4) is 0 Å². The number of benzene rings is 1. The lowest BCUT2D eigenvalue weighted by molar-refractivity contribution is 0.292.